The molecule has 0 radical (unpaired) electrons. The Morgan fingerprint density at radius 3 is 3.05 bits per heavy atom. The predicted octanol–water partition coefficient (Wildman–Crippen LogP) is 2.87. The zero-order valence-electron chi connectivity index (χ0n) is 12.5. The zero-order valence-corrected chi connectivity index (χ0v) is 13.3. The number of fused-ring (bicyclic) bond motifs is 1. The van der Waals surface area contributed by atoms with Crippen LogP contribution in [-0.2, 0) is 6.42 Å². The quantitative estimate of drug-likeness (QED) is 0.931. The van der Waals surface area contributed by atoms with E-state index in [1.807, 2.05) is 0 Å². The Morgan fingerprint density at radius 2 is 2.25 bits per heavy atom. The molecule has 1 N–H and O–H groups in total. The van der Waals surface area contributed by atoms with E-state index in [1.165, 1.54) is 24.4 Å². The number of nitrogens with zero attached hydrogens (tertiary/aromatic N) is 3. The van der Waals surface area contributed by atoms with Gasteiger partial charge in [-0.15, -0.1) is 0 Å². The highest BCUT2D eigenvalue weighted by Crippen LogP contribution is 2.41. The van der Waals surface area contributed by atoms with Gasteiger partial charge in [0.1, 0.15) is 5.82 Å². The van der Waals surface area contributed by atoms with Gasteiger partial charge in [0.05, 0.1) is 5.60 Å². The molecule has 20 heavy (non-hydrogen) atoms. The molecule has 112 valence electrons. The second-order valence-corrected chi connectivity index (χ2v) is 7.56. The SMILES string of the molecule is CC(C)Cc1nsc(N2CCC3(O)CCCCC3C2)n1. The Balaban J connectivity index is 1.68. The standard InChI is InChI=1S/C15H25N3OS/c1-11(2)9-13-16-14(20-17-13)18-8-7-15(19)6-4-3-5-12(15)10-18/h11-12,19H,3-10H2,1-2H3. The summed E-state index contributed by atoms with van der Waals surface area (Å²) in [5, 5.41) is 11.8. The molecule has 2 unspecified atom stereocenters. The Bertz CT molecular complexity index is 462. The highest BCUT2D eigenvalue weighted by molar-refractivity contribution is 7.09. The van der Waals surface area contributed by atoms with E-state index in [-0.39, 0.29) is 0 Å². The normalized spacial score (nSPS) is 30.6. The molecule has 1 aromatic rings. The van der Waals surface area contributed by atoms with Crippen molar-refractivity contribution in [3.63, 3.8) is 0 Å². The highest BCUT2D eigenvalue weighted by Gasteiger charge is 2.43. The van der Waals surface area contributed by atoms with Gasteiger partial charge in [-0.2, -0.15) is 4.37 Å². The Hall–Kier alpha value is -0.680. The van der Waals surface area contributed by atoms with Crippen molar-refractivity contribution < 1.29 is 5.11 Å². The van der Waals surface area contributed by atoms with Crippen molar-refractivity contribution in [2.45, 2.75) is 58.0 Å². The van der Waals surface area contributed by atoms with Gasteiger partial charge in [0, 0.05) is 37.0 Å². The molecule has 0 bridgehead atoms. The molecular formula is C15H25N3OS. The van der Waals surface area contributed by atoms with Gasteiger partial charge in [-0.05, 0) is 25.2 Å². The van der Waals surface area contributed by atoms with Gasteiger partial charge >= 0.3 is 0 Å². The number of hydrogen-bond donors (Lipinski definition) is 1. The summed E-state index contributed by atoms with van der Waals surface area (Å²) in [6.45, 7) is 6.27. The molecule has 2 atom stereocenters. The topological polar surface area (TPSA) is 49.2 Å². The van der Waals surface area contributed by atoms with Crippen LogP contribution in [0.25, 0.3) is 0 Å². The lowest BCUT2D eigenvalue weighted by atomic mass is 9.71. The van der Waals surface area contributed by atoms with E-state index in [0.717, 1.165) is 49.7 Å². The van der Waals surface area contributed by atoms with E-state index in [9.17, 15) is 5.11 Å². The van der Waals surface area contributed by atoms with Crippen molar-refractivity contribution in [2.24, 2.45) is 11.8 Å². The first kappa shape index (κ1) is 14.3. The van der Waals surface area contributed by atoms with Crippen LogP contribution in [0, 0.1) is 11.8 Å². The third-order valence-corrected chi connectivity index (χ3v) is 5.56. The molecule has 0 spiro atoms. The first-order valence-electron chi connectivity index (χ1n) is 7.87. The lowest BCUT2D eigenvalue weighted by Gasteiger charge is -2.47. The summed E-state index contributed by atoms with van der Waals surface area (Å²) >= 11 is 1.52. The number of aromatic nitrogens is 2. The monoisotopic (exact) mass is 295 g/mol. The molecule has 2 aliphatic rings. The van der Waals surface area contributed by atoms with Gasteiger partial charge < -0.3 is 10.0 Å². The van der Waals surface area contributed by atoms with E-state index >= 15 is 0 Å². The van der Waals surface area contributed by atoms with Crippen LogP contribution < -0.4 is 4.90 Å². The average Bonchev–Trinajstić information content (AvgIpc) is 2.85. The third kappa shape index (κ3) is 2.84. The Kier molecular flexibility index (Phi) is 4.00. The zero-order chi connectivity index (χ0) is 14.2. The minimum Gasteiger partial charge on any atom is -0.389 e. The molecule has 1 aliphatic heterocycles. The summed E-state index contributed by atoms with van der Waals surface area (Å²) in [5.41, 5.74) is -0.403. The molecular weight excluding hydrogens is 270 g/mol. The lowest BCUT2D eigenvalue weighted by Crippen LogP contribution is -2.53. The molecule has 2 heterocycles. The number of anilines is 1. The maximum atomic E-state index is 10.7. The minimum atomic E-state index is -0.403. The maximum absolute atomic E-state index is 10.7. The molecule has 0 amide bonds. The van der Waals surface area contributed by atoms with Crippen molar-refractivity contribution in [1.82, 2.24) is 9.36 Å². The Morgan fingerprint density at radius 1 is 1.40 bits per heavy atom. The average molecular weight is 295 g/mol. The van der Waals surface area contributed by atoms with Crippen molar-refractivity contribution in [3.05, 3.63) is 5.82 Å². The summed E-state index contributed by atoms with van der Waals surface area (Å²) in [6, 6.07) is 0. The molecule has 3 rings (SSSR count). The van der Waals surface area contributed by atoms with Gasteiger partial charge in [-0.1, -0.05) is 26.7 Å². The van der Waals surface area contributed by atoms with Crippen LogP contribution >= 0.6 is 11.5 Å². The van der Waals surface area contributed by atoms with Crippen LogP contribution in [0.2, 0.25) is 0 Å². The highest BCUT2D eigenvalue weighted by atomic mass is 32.1. The van der Waals surface area contributed by atoms with Crippen LogP contribution in [0.5, 0.6) is 0 Å². The van der Waals surface area contributed by atoms with Gasteiger partial charge in [0.25, 0.3) is 0 Å². The van der Waals surface area contributed by atoms with E-state index in [4.69, 9.17) is 0 Å². The Labute approximate surface area is 125 Å². The molecule has 4 nitrogen and oxygen atoms in total. The molecule has 1 saturated heterocycles. The number of rotatable bonds is 3. The summed E-state index contributed by atoms with van der Waals surface area (Å²) in [7, 11) is 0. The van der Waals surface area contributed by atoms with Gasteiger partial charge in [0.15, 0.2) is 0 Å². The minimum absolute atomic E-state index is 0.403. The summed E-state index contributed by atoms with van der Waals surface area (Å²) in [5.74, 6) is 1.99. The molecule has 1 aliphatic carbocycles. The van der Waals surface area contributed by atoms with Crippen LogP contribution in [0.4, 0.5) is 5.13 Å². The molecule has 0 aromatic carbocycles. The number of hydrogen-bond acceptors (Lipinski definition) is 5. The van der Waals surface area contributed by atoms with Crippen LogP contribution in [0.3, 0.4) is 0 Å². The lowest BCUT2D eigenvalue weighted by molar-refractivity contribution is -0.0612. The summed E-state index contributed by atoms with van der Waals surface area (Å²) in [6.07, 6.45) is 6.43. The first-order chi connectivity index (χ1) is 9.57. The second-order valence-electron chi connectivity index (χ2n) is 6.83. The largest absolute Gasteiger partial charge is 0.389 e. The van der Waals surface area contributed by atoms with Crippen molar-refractivity contribution >= 4 is 16.7 Å². The number of aliphatic hydroxyl groups is 1. The smallest absolute Gasteiger partial charge is 0.205 e. The van der Waals surface area contributed by atoms with Crippen molar-refractivity contribution in [1.29, 1.82) is 0 Å². The van der Waals surface area contributed by atoms with Crippen molar-refractivity contribution in [2.75, 3.05) is 18.0 Å². The van der Waals surface area contributed by atoms with Gasteiger partial charge in [-0.3, -0.25) is 0 Å². The fourth-order valence-electron chi connectivity index (χ4n) is 3.57. The maximum Gasteiger partial charge on any atom is 0.205 e. The van der Waals surface area contributed by atoms with E-state index < -0.39 is 5.60 Å². The fourth-order valence-corrected chi connectivity index (χ4v) is 4.30. The van der Waals surface area contributed by atoms with Crippen LogP contribution in [-0.4, -0.2) is 33.2 Å². The summed E-state index contributed by atoms with van der Waals surface area (Å²) in [4.78, 5) is 7.03. The molecule has 2 fully saturated rings. The predicted molar refractivity (Wildman–Crippen MR) is 82.2 cm³/mol. The molecule has 1 saturated carbocycles. The third-order valence-electron chi connectivity index (χ3n) is 4.75. The van der Waals surface area contributed by atoms with E-state index in [0.29, 0.717) is 11.8 Å². The van der Waals surface area contributed by atoms with E-state index in [2.05, 4.69) is 28.1 Å². The second kappa shape index (κ2) is 5.60. The van der Waals surface area contributed by atoms with Gasteiger partial charge in [-0.25, -0.2) is 4.98 Å². The summed E-state index contributed by atoms with van der Waals surface area (Å²) < 4.78 is 4.48. The van der Waals surface area contributed by atoms with Gasteiger partial charge in [0.2, 0.25) is 5.13 Å². The van der Waals surface area contributed by atoms with Crippen LogP contribution in [0.1, 0.15) is 51.8 Å². The molecule has 5 heteroatoms. The fraction of sp³-hybridized carbons (Fsp3) is 0.867. The van der Waals surface area contributed by atoms with E-state index in [1.54, 1.807) is 0 Å². The molecule has 1 aromatic heterocycles. The number of piperidine rings is 1. The van der Waals surface area contributed by atoms with Crippen LogP contribution in [0.15, 0.2) is 0 Å². The first-order valence-corrected chi connectivity index (χ1v) is 8.64. The van der Waals surface area contributed by atoms with Crippen molar-refractivity contribution in [3.8, 4) is 0 Å².